The summed E-state index contributed by atoms with van der Waals surface area (Å²) >= 11 is 0. The molecule has 0 N–H and O–H groups in total. The second kappa shape index (κ2) is 5.07. The standard InChI is InChI=1S/C11H14N2O/c1-4-6-7-10(3)13-9-8-11(12-13)14-5-2/h4,6-9H,1,3,5H2,2H3/b7-6-. The van der Waals surface area contributed by atoms with Gasteiger partial charge in [-0.1, -0.05) is 25.3 Å². The molecular formula is C11H14N2O. The Labute approximate surface area is 84.0 Å². The summed E-state index contributed by atoms with van der Waals surface area (Å²) in [6, 6.07) is 1.80. The van der Waals surface area contributed by atoms with Crippen molar-refractivity contribution in [3.8, 4) is 5.88 Å². The quantitative estimate of drug-likeness (QED) is 0.667. The van der Waals surface area contributed by atoms with Crippen molar-refractivity contribution in [2.45, 2.75) is 6.92 Å². The van der Waals surface area contributed by atoms with Crippen molar-refractivity contribution >= 4 is 5.70 Å². The van der Waals surface area contributed by atoms with Crippen LogP contribution >= 0.6 is 0 Å². The largest absolute Gasteiger partial charge is 0.477 e. The summed E-state index contributed by atoms with van der Waals surface area (Å²) in [7, 11) is 0. The van der Waals surface area contributed by atoms with Crippen LogP contribution in [0.5, 0.6) is 5.88 Å². The number of hydrogen-bond acceptors (Lipinski definition) is 2. The van der Waals surface area contributed by atoms with Gasteiger partial charge in [0, 0.05) is 12.3 Å². The second-order valence-electron chi connectivity index (χ2n) is 2.62. The number of nitrogens with zero attached hydrogens (tertiary/aromatic N) is 2. The highest BCUT2D eigenvalue weighted by Crippen LogP contribution is 2.09. The molecule has 0 saturated carbocycles. The number of ether oxygens (including phenoxy) is 1. The van der Waals surface area contributed by atoms with Crippen molar-refractivity contribution in [1.82, 2.24) is 9.78 Å². The minimum absolute atomic E-state index is 0.612. The van der Waals surface area contributed by atoms with E-state index >= 15 is 0 Å². The maximum Gasteiger partial charge on any atom is 0.233 e. The molecule has 0 aromatic carbocycles. The highest BCUT2D eigenvalue weighted by molar-refractivity contribution is 5.53. The summed E-state index contributed by atoms with van der Waals surface area (Å²) in [5.41, 5.74) is 0.774. The Hall–Kier alpha value is -1.77. The zero-order valence-corrected chi connectivity index (χ0v) is 8.31. The predicted molar refractivity (Wildman–Crippen MR) is 58.1 cm³/mol. The summed E-state index contributed by atoms with van der Waals surface area (Å²) in [6.45, 7) is 9.96. The van der Waals surface area contributed by atoms with Gasteiger partial charge < -0.3 is 4.74 Å². The SMILES string of the molecule is C=C/C=C\C(=C)n1ccc(OCC)n1. The maximum absolute atomic E-state index is 5.22. The van der Waals surface area contributed by atoms with Gasteiger partial charge in [0.25, 0.3) is 0 Å². The van der Waals surface area contributed by atoms with Crippen LogP contribution < -0.4 is 4.74 Å². The van der Waals surface area contributed by atoms with Gasteiger partial charge in [0.2, 0.25) is 5.88 Å². The van der Waals surface area contributed by atoms with Crippen LogP contribution in [0.15, 0.2) is 43.6 Å². The molecule has 1 heterocycles. The zero-order chi connectivity index (χ0) is 10.4. The van der Waals surface area contributed by atoms with E-state index in [1.165, 1.54) is 0 Å². The first kappa shape index (κ1) is 10.3. The number of allylic oxidation sites excluding steroid dienone is 4. The average Bonchev–Trinajstić information content (AvgIpc) is 2.63. The van der Waals surface area contributed by atoms with Crippen molar-refractivity contribution < 1.29 is 4.74 Å². The molecule has 1 rings (SSSR count). The monoisotopic (exact) mass is 190 g/mol. The average molecular weight is 190 g/mol. The van der Waals surface area contributed by atoms with E-state index in [0.717, 1.165) is 5.70 Å². The van der Waals surface area contributed by atoms with Gasteiger partial charge >= 0.3 is 0 Å². The molecule has 0 fully saturated rings. The third kappa shape index (κ3) is 2.62. The van der Waals surface area contributed by atoms with Gasteiger partial charge in [-0.25, -0.2) is 4.68 Å². The molecule has 74 valence electrons. The molecule has 0 bridgehead atoms. The van der Waals surface area contributed by atoms with Crippen LogP contribution in [0.4, 0.5) is 0 Å². The summed E-state index contributed by atoms with van der Waals surface area (Å²) in [5.74, 6) is 0.612. The molecule has 0 radical (unpaired) electrons. The van der Waals surface area contributed by atoms with Gasteiger partial charge in [0.1, 0.15) is 0 Å². The Morgan fingerprint density at radius 2 is 2.50 bits per heavy atom. The van der Waals surface area contributed by atoms with Crippen molar-refractivity contribution in [1.29, 1.82) is 0 Å². The van der Waals surface area contributed by atoms with E-state index in [1.54, 1.807) is 23.0 Å². The number of aromatic nitrogens is 2. The molecule has 0 amide bonds. The molecule has 0 saturated heterocycles. The first-order chi connectivity index (χ1) is 6.77. The molecule has 14 heavy (non-hydrogen) atoms. The van der Waals surface area contributed by atoms with E-state index < -0.39 is 0 Å². The molecule has 1 aromatic heterocycles. The lowest BCUT2D eigenvalue weighted by atomic mass is 10.4. The van der Waals surface area contributed by atoms with Crippen LogP contribution in [-0.4, -0.2) is 16.4 Å². The maximum atomic E-state index is 5.22. The molecule has 0 aliphatic rings. The lowest BCUT2D eigenvalue weighted by molar-refractivity contribution is 0.325. The summed E-state index contributed by atoms with van der Waals surface area (Å²) < 4.78 is 6.88. The highest BCUT2D eigenvalue weighted by Gasteiger charge is 1.98. The third-order valence-electron chi connectivity index (χ3n) is 1.58. The van der Waals surface area contributed by atoms with Crippen molar-refractivity contribution in [2.24, 2.45) is 0 Å². The first-order valence-electron chi connectivity index (χ1n) is 4.44. The van der Waals surface area contributed by atoms with Gasteiger partial charge in [-0.2, -0.15) is 0 Å². The van der Waals surface area contributed by atoms with E-state index in [9.17, 15) is 0 Å². The molecular weight excluding hydrogens is 176 g/mol. The van der Waals surface area contributed by atoms with Crippen LogP contribution in [0.1, 0.15) is 6.92 Å². The van der Waals surface area contributed by atoms with Crippen molar-refractivity contribution in [3.05, 3.63) is 43.6 Å². The number of hydrogen-bond donors (Lipinski definition) is 0. The van der Waals surface area contributed by atoms with Gasteiger partial charge in [-0.05, 0) is 13.0 Å². The summed E-state index contributed by atoms with van der Waals surface area (Å²) in [6.07, 6.45) is 7.14. The molecule has 0 unspecified atom stereocenters. The summed E-state index contributed by atoms with van der Waals surface area (Å²) in [5, 5.41) is 4.16. The lowest BCUT2D eigenvalue weighted by Crippen LogP contribution is -1.96. The Kier molecular flexibility index (Phi) is 3.73. The molecule has 0 atom stereocenters. The molecule has 0 aliphatic heterocycles. The molecule has 3 nitrogen and oxygen atoms in total. The fourth-order valence-electron chi connectivity index (χ4n) is 0.948. The lowest BCUT2D eigenvalue weighted by Gasteiger charge is -1.99. The number of rotatable bonds is 5. The van der Waals surface area contributed by atoms with E-state index in [0.29, 0.717) is 12.5 Å². The molecule has 0 aliphatic carbocycles. The Morgan fingerprint density at radius 3 is 3.14 bits per heavy atom. The Bertz CT molecular complexity index is 350. The highest BCUT2D eigenvalue weighted by atomic mass is 16.5. The molecule has 0 spiro atoms. The summed E-state index contributed by atoms with van der Waals surface area (Å²) in [4.78, 5) is 0. The fraction of sp³-hybridized carbons (Fsp3) is 0.182. The normalized spacial score (nSPS) is 10.4. The minimum Gasteiger partial charge on any atom is -0.477 e. The van der Waals surface area contributed by atoms with Crippen LogP contribution in [0.25, 0.3) is 5.70 Å². The van der Waals surface area contributed by atoms with Crippen LogP contribution in [0.2, 0.25) is 0 Å². The zero-order valence-electron chi connectivity index (χ0n) is 8.31. The predicted octanol–water partition coefficient (Wildman–Crippen LogP) is 2.49. The van der Waals surface area contributed by atoms with Crippen LogP contribution in [-0.2, 0) is 0 Å². The van der Waals surface area contributed by atoms with Crippen LogP contribution in [0, 0.1) is 0 Å². The van der Waals surface area contributed by atoms with Gasteiger partial charge in [-0.3, -0.25) is 0 Å². The van der Waals surface area contributed by atoms with E-state index in [1.807, 2.05) is 19.1 Å². The Morgan fingerprint density at radius 1 is 1.71 bits per heavy atom. The van der Waals surface area contributed by atoms with Crippen molar-refractivity contribution in [2.75, 3.05) is 6.61 Å². The van der Waals surface area contributed by atoms with Gasteiger partial charge in [-0.15, -0.1) is 5.10 Å². The smallest absolute Gasteiger partial charge is 0.233 e. The van der Waals surface area contributed by atoms with E-state index in [2.05, 4.69) is 18.3 Å². The van der Waals surface area contributed by atoms with Crippen molar-refractivity contribution in [3.63, 3.8) is 0 Å². The van der Waals surface area contributed by atoms with E-state index in [-0.39, 0.29) is 0 Å². The van der Waals surface area contributed by atoms with E-state index in [4.69, 9.17) is 4.74 Å². The van der Waals surface area contributed by atoms with Gasteiger partial charge in [0.15, 0.2) is 0 Å². The Balaban J connectivity index is 2.71. The topological polar surface area (TPSA) is 27.1 Å². The molecule has 3 heteroatoms. The second-order valence-corrected chi connectivity index (χ2v) is 2.62. The minimum atomic E-state index is 0.612. The molecule has 1 aromatic rings. The first-order valence-corrected chi connectivity index (χ1v) is 4.44. The fourth-order valence-corrected chi connectivity index (χ4v) is 0.948. The van der Waals surface area contributed by atoms with Crippen LogP contribution in [0.3, 0.4) is 0 Å². The third-order valence-corrected chi connectivity index (χ3v) is 1.58. The van der Waals surface area contributed by atoms with Gasteiger partial charge in [0.05, 0.1) is 12.3 Å².